The van der Waals surface area contributed by atoms with Crippen molar-refractivity contribution < 1.29 is 0 Å². The van der Waals surface area contributed by atoms with Crippen molar-refractivity contribution >= 4 is 98.5 Å². The molecule has 0 aliphatic heterocycles. The average Bonchev–Trinajstić information content (AvgIpc) is 3.93. The lowest BCUT2D eigenvalue weighted by Crippen LogP contribution is -2.06. The summed E-state index contributed by atoms with van der Waals surface area (Å²) < 4.78 is 6.86. The number of hydrogen-bond acceptors (Lipinski definition) is 3. The first kappa shape index (κ1) is 28.9. The summed E-state index contributed by atoms with van der Waals surface area (Å²) in [5.74, 6) is 0.821. The molecule has 6 nitrogen and oxygen atoms in total. The van der Waals surface area contributed by atoms with Gasteiger partial charge in [0, 0.05) is 32.3 Å². The molecule has 5 heterocycles. The normalized spacial score (nSPS) is 12.4. The minimum Gasteiger partial charge on any atom is -0.292 e. The second-order valence-corrected chi connectivity index (χ2v) is 14.5. The Morgan fingerprint density at radius 2 is 0.891 bits per heavy atom. The Kier molecular flexibility index (Phi) is 5.54. The highest BCUT2D eigenvalue weighted by molar-refractivity contribution is 6.24. The van der Waals surface area contributed by atoms with Gasteiger partial charge in [0.1, 0.15) is 11.3 Å². The number of pyridine rings is 1. The van der Waals surface area contributed by atoms with Crippen molar-refractivity contribution in [3.05, 3.63) is 170 Å². The largest absolute Gasteiger partial charge is 0.292 e. The van der Waals surface area contributed by atoms with Gasteiger partial charge in [0.05, 0.1) is 44.1 Å². The van der Waals surface area contributed by atoms with Gasteiger partial charge in [-0.15, -0.1) is 0 Å². The number of rotatable bonds is 2. The molecule has 0 N–H and O–H groups in total. The van der Waals surface area contributed by atoms with Crippen LogP contribution in [0.1, 0.15) is 0 Å². The number of nitrogens with zero attached hydrogens (tertiary/aromatic N) is 6. The molecule has 8 aromatic carbocycles. The smallest absolute Gasteiger partial charge is 0.221 e. The zero-order valence-electron chi connectivity index (χ0n) is 29.3. The number of para-hydroxylation sites is 6. The Bertz CT molecular complexity index is 3790. The van der Waals surface area contributed by atoms with E-state index in [1.54, 1.807) is 0 Å². The van der Waals surface area contributed by atoms with Crippen LogP contribution in [0.4, 0.5) is 0 Å². The molecular weight excluding hydrogens is 673 g/mol. The van der Waals surface area contributed by atoms with Crippen LogP contribution in [-0.4, -0.2) is 28.3 Å². The maximum atomic E-state index is 5.36. The van der Waals surface area contributed by atoms with Gasteiger partial charge >= 0.3 is 0 Å². The summed E-state index contributed by atoms with van der Waals surface area (Å²) in [6.45, 7) is 0. The first-order valence-electron chi connectivity index (χ1n) is 18.6. The van der Waals surface area contributed by atoms with Gasteiger partial charge in [0.25, 0.3) is 0 Å². The fourth-order valence-electron chi connectivity index (χ4n) is 9.15. The maximum Gasteiger partial charge on any atom is 0.221 e. The van der Waals surface area contributed by atoms with Crippen LogP contribution in [0.3, 0.4) is 0 Å². The Labute approximate surface area is 312 Å². The molecular formula is C49H28N6. The first-order chi connectivity index (χ1) is 27.3. The van der Waals surface area contributed by atoms with E-state index in [0.717, 1.165) is 83.3 Å². The highest BCUT2D eigenvalue weighted by Gasteiger charge is 2.21. The van der Waals surface area contributed by atoms with Crippen LogP contribution in [0.25, 0.3) is 116 Å². The van der Waals surface area contributed by atoms with E-state index in [0.29, 0.717) is 0 Å². The third-order valence-corrected chi connectivity index (χ3v) is 11.6. The molecule has 6 heteroatoms. The van der Waals surface area contributed by atoms with Crippen molar-refractivity contribution in [2.24, 2.45) is 0 Å². The highest BCUT2D eigenvalue weighted by Crippen LogP contribution is 2.40. The van der Waals surface area contributed by atoms with Gasteiger partial charge in [-0.1, -0.05) is 97.1 Å². The minimum absolute atomic E-state index is 0.821. The number of hydrogen-bond donors (Lipinski definition) is 0. The predicted octanol–water partition coefficient (Wildman–Crippen LogP) is 12.1. The van der Waals surface area contributed by atoms with Gasteiger partial charge in [-0.3, -0.25) is 13.4 Å². The fourth-order valence-corrected chi connectivity index (χ4v) is 9.15. The van der Waals surface area contributed by atoms with Crippen LogP contribution >= 0.6 is 0 Å². The second kappa shape index (κ2) is 10.5. The molecule has 0 saturated carbocycles. The van der Waals surface area contributed by atoms with E-state index >= 15 is 0 Å². The molecule has 5 aromatic heterocycles. The molecule has 0 bridgehead atoms. The minimum atomic E-state index is 0.821. The first-order valence-corrected chi connectivity index (χ1v) is 18.6. The van der Waals surface area contributed by atoms with Gasteiger partial charge in [-0.2, -0.15) is 0 Å². The van der Waals surface area contributed by atoms with Gasteiger partial charge < -0.3 is 0 Å². The Morgan fingerprint density at radius 3 is 1.67 bits per heavy atom. The van der Waals surface area contributed by atoms with Crippen LogP contribution < -0.4 is 0 Å². The zero-order chi connectivity index (χ0) is 35.8. The van der Waals surface area contributed by atoms with E-state index in [2.05, 4.69) is 171 Å². The van der Waals surface area contributed by atoms with E-state index in [1.807, 2.05) is 12.1 Å². The molecule has 254 valence electrons. The molecule has 0 fully saturated rings. The molecule has 0 radical (unpaired) electrons. The van der Waals surface area contributed by atoms with Gasteiger partial charge in [0.15, 0.2) is 0 Å². The van der Waals surface area contributed by atoms with Gasteiger partial charge in [-0.05, 0) is 94.7 Å². The summed E-state index contributed by atoms with van der Waals surface area (Å²) >= 11 is 0. The summed E-state index contributed by atoms with van der Waals surface area (Å²) in [5, 5.41) is 9.42. The topological polar surface area (TPSA) is 52.4 Å². The molecule has 0 saturated heterocycles. The van der Waals surface area contributed by atoms with Crippen molar-refractivity contribution in [1.82, 2.24) is 28.3 Å². The lowest BCUT2D eigenvalue weighted by Gasteiger charge is -2.14. The quantitative estimate of drug-likeness (QED) is 0.169. The summed E-state index contributed by atoms with van der Waals surface area (Å²) in [7, 11) is 0. The molecule has 55 heavy (non-hydrogen) atoms. The third-order valence-electron chi connectivity index (χ3n) is 11.6. The molecule has 13 aromatic rings. The van der Waals surface area contributed by atoms with E-state index < -0.39 is 0 Å². The summed E-state index contributed by atoms with van der Waals surface area (Å²) in [5.41, 5.74) is 12.6. The second-order valence-electron chi connectivity index (χ2n) is 14.5. The lowest BCUT2D eigenvalue weighted by molar-refractivity contribution is 0.979. The van der Waals surface area contributed by atoms with Crippen molar-refractivity contribution in [1.29, 1.82) is 0 Å². The predicted molar refractivity (Wildman–Crippen MR) is 227 cm³/mol. The SMILES string of the molecule is c1ccc2c(c1)ccc1c2c2cc(-c3ccc4c(c3)c3ccccc3n4-c3nc4ccccc4c4nc5ccccc5n34)ccc2n2c3ccccc3nc12. The summed E-state index contributed by atoms with van der Waals surface area (Å²) in [6, 6.07) is 60.7. The monoisotopic (exact) mass is 700 g/mol. The standard InChI is InChI=1S/C49H28N6/c1-2-12-32-29(11-1)21-24-35-46(32)37-28-31(23-26-43(37)53-44-19-9-6-16-39(44)51-48(35)53)30-22-25-42-36(27-30)33-13-4-8-18-41(33)54(42)49-52-38-15-5-3-14-34(38)47-50-40-17-7-10-20-45(40)55(47)49/h1-28H. The van der Waals surface area contributed by atoms with Crippen LogP contribution in [0, 0.1) is 0 Å². The Balaban J connectivity index is 1.11. The number of fused-ring (bicyclic) bond motifs is 18. The number of imidazole rings is 2. The maximum absolute atomic E-state index is 5.36. The molecule has 0 spiro atoms. The van der Waals surface area contributed by atoms with Gasteiger partial charge in [0.2, 0.25) is 5.95 Å². The summed E-state index contributed by atoms with van der Waals surface area (Å²) in [4.78, 5) is 15.7. The molecule has 0 amide bonds. The lowest BCUT2D eigenvalue weighted by atomic mass is 9.95. The number of aromatic nitrogens is 6. The van der Waals surface area contributed by atoms with Crippen LogP contribution in [0.15, 0.2) is 170 Å². The molecule has 0 unspecified atom stereocenters. The molecule has 0 atom stereocenters. The van der Waals surface area contributed by atoms with Crippen molar-refractivity contribution in [3.63, 3.8) is 0 Å². The molecule has 13 rings (SSSR count). The van der Waals surface area contributed by atoms with Crippen LogP contribution in [0.2, 0.25) is 0 Å². The van der Waals surface area contributed by atoms with Crippen molar-refractivity contribution in [2.75, 3.05) is 0 Å². The highest BCUT2D eigenvalue weighted by atomic mass is 15.2. The van der Waals surface area contributed by atoms with E-state index in [9.17, 15) is 0 Å². The third kappa shape index (κ3) is 3.84. The number of benzene rings is 8. The van der Waals surface area contributed by atoms with Crippen molar-refractivity contribution in [2.45, 2.75) is 0 Å². The van der Waals surface area contributed by atoms with Gasteiger partial charge in [-0.25, -0.2) is 15.0 Å². The average molecular weight is 701 g/mol. The van der Waals surface area contributed by atoms with E-state index in [4.69, 9.17) is 15.0 Å². The van der Waals surface area contributed by atoms with Crippen LogP contribution in [-0.2, 0) is 0 Å². The Morgan fingerprint density at radius 1 is 0.327 bits per heavy atom. The van der Waals surface area contributed by atoms with Crippen molar-refractivity contribution in [3.8, 4) is 17.1 Å². The Hall–Kier alpha value is -7.57. The fraction of sp³-hybridized carbons (Fsp3) is 0. The van der Waals surface area contributed by atoms with E-state index in [1.165, 1.54) is 32.3 Å². The van der Waals surface area contributed by atoms with Crippen LogP contribution in [0.5, 0.6) is 0 Å². The van der Waals surface area contributed by atoms with E-state index in [-0.39, 0.29) is 0 Å². The zero-order valence-corrected chi connectivity index (χ0v) is 29.3. The molecule has 0 aliphatic carbocycles. The molecule has 0 aliphatic rings. The summed E-state index contributed by atoms with van der Waals surface area (Å²) in [6.07, 6.45) is 0.